The van der Waals surface area contributed by atoms with Crippen molar-refractivity contribution in [3.05, 3.63) is 41.8 Å². The van der Waals surface area contributed by atoms with Gasteiger partial charge in [-0.1, -0.05) is 0 Å². The summed E-state index contributed by atoms with van der Waals surface area (Å²) in [5.41, 5.74) is 7.16. The van der Waals surface area contributed by atoms with Crippen LogP contribution in [0.4, 0.5) is 10.2 Å². The predicted octanol–water partition coefficient (Wildman–Crippen LogP) is 1.66. The molecule has 0 atom stereocenters. The van der Waals surface area contributed by atoms with E-state index in [0.717, 1.165) is 0 Å². The third-order valence-corrected chi connectivity index (χ3v) is 2.23. The number of benzene rings is 1. The Labute approximate surface area is 91.7 Å². The molecule has 0 aliphatic rings. The molecule has 1 aromatic carbocycles. The highest BCUT2D eigenvalue weighted by atomic mass is 19.1. The van der Waals surface area contributed by atoms with Crippen LogP contribution in [0.25, 0.3) is 5.69 Å². The van der Waals surface area contributed by atoms with Gasteiger partial charge in [-0.3, -0.25) is 0 Å². The van der Waals surface area contributed by atoms with E-state index in [9.17, 15) is 4.39 Å². The average Bonchev–Trinajstić information content (AvgIpc) is 2.63. The lowest BCUT2D eigenvalue weighted by Crippen LogP contribution is -2.02. The van der Waals surface area contributed by atoms with Gasteiger partial charge in [0, 0.05) is 5.56 Å². The zero-order valence-electron chi connectivity index (χ0n) is 8.39. The molecule has 80 valence electrons. The molecule has 0 spiro atoms. The van der Waals surface area contributed by atoms with Crippen molar-refractivity contribution in [2.75, 3.05) is 5.73 Å². The molecule has 0 saturated carbocycles. The Balaban J connectivity index is 2.42. The van der Waals surface area contributed by atoms with Gasteiger partial charge in [0.15, 0.2) is 0 Å². The number of hydrogen-bond acceptors (Lipinski definition) is 3. The molecule has 1 heterocycles. The van der Waals surface area contributed by atoms with E-state index in [1.165, 1.54) is 16.8 Å². The first-order valence-electron chi connectivity index (χ1n) is 4.67. The second kappa shape index (κ2) is 4.03. The monoisotopic (exact) mass is 216 g/mol. The average molecular weight is 216 g/mol. The lowest BCUT2D eigenvalue weighted by molar-refractivity contribution is 0.627. The van der Waals surface area contributed by atoms with Crippen molar-refractivity contribution in [2.45, 2.75) is 6.42 Å². The van der Waals surface area contributed by atoms with E-state index in [-0.39, 0.29) is 12.2 Å². The highest BCUT2D eigenvalue weighted by Crippen LogP contribution is 2.17. The number of nitrogen functional groups attached to an aromatic ring is 1. The van der Waals surface area contributed by atoms with Crippen LogP contribution in [0.5, 0.6) is 0 Å². The number of halogens is 1. The molecule has 0 aliphatic carbocycles. The maximum Gasteiger partial charge on any atom is 0.131 e. The Morgan fingerprint density at radius 3 is 2.69 bits per heavy atom. The molecule has 0 bridgehead atoms. The highest BCUT2D eigenvalue weighted by molar-refractivity contribution is 5.47. The van der Waals surface area contributed by atoms with Crippen LogP contribution < -0.4 is 5.73 Å². The third-order valence-electron chi connectivity index (χ3n) is 2.23. The van der Waals surface area contributed by atoms with Crippen molar-refractivity contribution in [1.82, 2.24) is 9.78 Å². The summed E-state index contributed by atoms with van der Waals surface area (Å²) in [5.74, 6) is 0.0971. The fraction of sp³-hybridized carbons (Fsp3) is 0.0909. The van der Waals surface area contributed by atoms with Crippen molar-refractivity contribution in [3.8, 4) is 11.8 Å². The Hall–Kier alpha value is -2.35. The summed E-state index contributed by atoms with van der Waals surface area (Å²) in [4.78, 5) is 0. The van der Waals surface area contributed by atoms with Crippen LogP contribution in [0.2, 0.25) is 0 Å². The summed E-state index contributed by atoms with van der Waals surface area (Å²) >= 11 is 0. The second-order valence-corrected chi connectivity index (χ2v) is 3.28. The first-order chi connectivity index (χ1) is 7.72. The normalized spacial score (nSPS) is 10.0. The van der Waals surface area contributed by atoms with E-state index in [1.807, 2.05) is 6.07 Å². The van der Waals surface area contributed by atoms with Crippen molar-refractivity contribution < 1.29 is 4.39 Å². The third kappa shape index (κ3) is 1.73. The molecule has 2 aromatic rings. The molecular weight excluding hydrogens is 207 g/mol. The van der Waals surface area contributed by atoms with E-state index in [0.29, 0.717) is 17.1 Å². The van der Waals surface area contributed by atoms with Crippen LogP contribution >= 0.6 is 0 Å². The number of aromatic nitrogens is 2. The molecule has 0 aliphatic heterocycles. The molecule has 1 aromatic heterocycles. The van der Waals surface area contributed by atoms with Crippen LogP contribution in [0.1, 0.15) is 5.56 Å². The number of rotatable bonds is 2. The quantitative estimate of drug-likeness (QED) is 0.830. The predicted molar refractivity (Wildman–Crippen MR) is 57.3 cm³/mol. The molecule has 5 heteroatoms. The number of nitrogens with two attached hydrogens (primary N) is 1. The first-order valence-corrected chi connectivity index (χ1v) is 4.67. The molecule has 4 nitrogen and oxygen atoms in total. The topological polar surface area (TPSA) is 67.6 Å². The van der Waals surface area contributed by atoms with Gasteiger partial charge in [0.25, 0.3) is 0 Å². The summed E-state index contributed by atoms with van der Waals surface area (Å²) in [6.07, 6.45) is 1.76. The van der Waals surface area contributed by atoms with Crippen molar-refractivity contribution in [1.29, 1.82) is 5.26 Å². The molecular formula is C11H9FN4. The van der Waals surface area contributed by atoms with Gasteiger partial charge in [0.1, 0.15) is 11.6 Å². The minimum absolute atomic E-state index is 0.215. The molecule has 16 heavy (non-hydrogen) atoms. The SMILES string of the molecule is N#CCc1cnn(-c2ccc(F)cc2)c1N. The number of nitrogens with zero attached hydrogens (tertiary/aromatic N) is 3. The second-order valence-electron chi connectivity index (χ2n) is 3.28. The van der Waals surface area contributed by atoms with Crippen molar-refractivity contribution in [3.63, 3.8) is 0 Å². The summed E-state index contributed by atoms with van der Waals surface area (Å²) < 4.78 is 14.2. The fourth-order valence-electron chi connectivity index (χ4n) is 1.40. The zero-order chi connectivity index (χ0) is 11.5. The molecule has 0 saturated heterocycles. The number of anilines is 1. The lowest BCUT2D eigenvalue weighted by Gasteiger charge is -2.03. The van der Waals surface area contributed by atoms with Gasteiger partial charge in [-0.15, -0.1) is 0 Å². The summed E-state index contributed by atoms with van der Waals surface area (Å²) in [6, 6.07) is 7.83. The highest BCUT2D eigenvalue weighted by Gasteiger charge is 2.08. The Bertz CT molecular complexity index is 536. The fourth-order valence-corrected chi connectivity index (χ4v) is 1.40. The van der Waals surface area contributed by atoms with E-state index >= 15 is 0 Å². The van der Waals surface area contributed by atoms with E-state index in [2.05, 4.69) is 5.10 Å². The van der Waals surface area contributed by atoms with E-state index in [4.69, 9.17) is 11.0 Å². The summed E-state index contributed by atoms with van der Waals surface area (Å²) in [7, 11) is 0. The van der Waals surface area contributed by atoms with E-state index in [1.54, 1.807) is 18.3 Å². The number of hydrogen-bond donors (Lipinski definition) is 1. The standard InChI is InChI=1S/C11H9FN4/c12-9-1-3-10(4-2-9)16-11(14)8(5-6-13)7-15-16/h1-4,7H,5,14H2. The van der Waals surface area contributed by atoms with Crippen LogP contribution in [-0.2, 0) is 6.42 Å². The van der Waals surface area contributed by atoms with Crippen molar-refractivity contribution in [2.24, 2.45) is 0 Å². The van der Waals surface area contributed by atoms with Gasteiger partial charge in [-0.25, -0.2) is 9.07 Å². The molecule has 0 fully saturated rings. The maximum absolute atomic E-state index is 12.7. The Morgan fingerprint density at radius 2 is 2.06 bits per heavy atom. The van der Waals surface area contributed by atoms with Gasteiger partial charge in [-0.2, -0.15) is 10.4 Å². The summed E-state index contributed by atoms with van der Waals surface area (Å²) in [6.45, 7) is 0. The Kier molecular flexibility index (Phi) is 2.56. The molecule has 2 N–H and O–H groups in total. The van der Waals surface area contributed by atoms with Crippen LogP contribution in [0, 0.1) is 17.1 Å². The van der Waals surface area contributed by atoms with Crippen LogP contribution in [0.3, 0.4) is 0 Å². The largest absolute Gasteiger partial charge is 0.383 e. The minimum Gasteiger partial charge on any atom is -0.383 e. The Morgan fingerprint density at radius 1 is 1.38 bits per heavy atom. The van der Waals surface area contributed by atoms with Gasteiger partial charge in [0.2, 0.25) is 0 Å². The van der Waals surface area contributed by atoms with Crippen LogP contribution in [-0.4, -0.2) is 9.78 Å². The number of nitriles is 1. The molecule has 0 unspecified atom stereocenters. The molecule has 0 amide bonds. The van der Waals surface area contributed by atoms with E-state index < -0.39 is 0 Å². The first kappa shape index (κ1) is 10.2. The maximum atomic E-state index is 12.7. The van der Waals surface area contributed by atoms with Crippen LogP contribution in [0.15, 0.2) is 30.5 Å². The minimum atomic E-state index is -0.313. The van der Waals surface area contributed by atoms with Gasteiger partial charge >= 0.3 is 0 Å². The molecule has 2 rings (SSSR count). The van der Waals surface area contributed by atoms with Crippen molar-refractivity contribution >= 4 is 5.82 Å². The lowest BCUT2D eigenvalue weighted by atomic mass is 10.2. The van der Waals surface area contributed by atoms with Gasteiger partial charge in [0.05, 0.1) is 24.4 Å². The smallest absolute Gasteiger partial charge is 0.131 e. The van der Waals surface area contributed by atoms with Gasteiger partial charge < -0.3 is 5.73 Å². The van der Waals surface area contributed by atoms with Gasteiger partial charge in [-0.05, 0) is 24.3 Å². The summed E-state index contributed by atoms with van der Waals surface area (Å²) in [5, 5.41) is 12.6. The molecule has 0 radical (unpaired) electrons. The zero-order valence-corrected chi connectivity index (χ0v) is 8.39.